The molecule has 150 valence electrons. The fourth-order valence-corrected chi connectivity index (χ4v) is 3.22. The van der Waals surface area contributed by atoms with Crippen molar-refractivity contribution in [3.05, 3.63) is 11.8 Å². The third-order valence-corrected chi connectivity index (χ3v) is 4.99. The lowest BCUT2D eigenvalue weighted by atomic mass is 9.77. The number of esters is 1. The number of amides is 1. The number of aromatic nitrogens is 2. The van der Waals surface area contributed by atoms with E-state index in [9.17, 15) is 9.59 Å². The van der Waals surface area contributed by atoms with E-state index in [-0.39, 0.29) is 12.5 Å². The van der Waals surface area contributed by atoms with Crippen LogP contribution in [0.3, 0.4) is 0 Å². The summed E-state index contributed by atoms with van der Waals surface area (Å²) in [5, 5.41) is 10.7. The normalized spacial score (nSPS) is 25.7. The average Bonchev–Trinajstić information content (AvgIpc) is 3.32. The van der Waals surface area contributed by atoms with Crippen molar-refractivity contribution in [2.75, 3.05) is 0 Å². The van der Waals surface area contributed by atoms with Gasteiger partial charge in [-0.2, -0.15) is 0 Å². The number of nitrogens with zero attached hydrogens (tertiary/aromatic N) is 2. The molecule has 0 aliphatic heterocycles. The highest BCUT2D eigenvalue weighted by Gasteiger charge is 2.45. The topological polar surface area (TPSA) is 104 Å². The predicted molar refractivity (Wildman–Crippen MR) is 95.8 cm³/mol. The number of hydrogen-bond donors (Lipinski definition) is 1. The second kappa shape index (κ2) is 7.48. The molecule has 0 unspecified atom stereocenters. The van der Waals surface area contributed by atoms with E-state index in [1.165, 1.54) is 0 Å². The predicted octanol–water partition coefficient (Wildman–Crippen LogP) is 3.46. The first-order chi connectivity index (χ1) is 12.7. The smallest absolute Gasteiger partial charge is 0.408 e. The van der Waals surface area contributed by atoms with E-state index in [4.69, 9.17) is 13.9 Å². The zero-order valence-corrected chi connectivity index (χ0v) is 16.5. The van der Waals surface area contributed by atoms with Crippen molar-refractivity contribution in [2.45, 2.75) is 89.9 Å². The molecule has 27 heavy (non-hydrogen) atoms. The molecule has 1 heterocycles. The maximum Gasteiger partial charge on any atom is 0.408 e. The van der Waals surface area contributed by atoms with Crippen LogP contribution in [-0.4, -0.2) is 33.4 Å². The summed E-state index contributed by atoms with van der Waals surface area (Å²) in [6, 6.07) is 0. The molecule has 2 aliphatic rings. The van der Waals surface area contributed by atoms with Crippen molar-refractivity contribution in [2.24, 2.45) is 5.92 Å². The lowest BCUT2D eigenvalue weighted by Gasteiger charge is -2.38. The minimum Gasteiger partial charge on any atom is -0.454 e. The summed E-state index contributed by atoms with van der Waals surface area (Å²) in [7, 11) is 0. The van der Waals surface area contributed by atoms with Crippen LogP contribution < -0.4 is 5.32 Å². The van der Waals surface area contributed by atoms with Gasteiger partial charge in [0.25, 0.3) is 5.89 Å². The Labute approximate surface area is 159 Å². The molecule has 0 radical (unpaired) electrons. The van der Waals surface area contributed by atoms with Crippen LogP contribution in [0, 0.1) is 5.92 Å². The van der Waals surface area contributed by atoms with Crippen LogP contribution in [0.25, 0.3) is 0 Å². The van der Waals surface area contributed by atoms with Gasteiger partial charge in [0.15, 0.2) is 6.61 Å². The Kier molecular flexibility index (Phi) is 5.44. The van der Waals surface area contributed by atoms with Crippen molar-refractivity contribution in [1.29, 1.82) is 0 Å². The Bertz CT molecular complexity index is 682. The van der Waals surface area contributed by atoms with Crippen molar-refractivity contribution in [3.8, 4) is 0 Å². The van der Waals surface area contributed by atoms with Gasteiger partial charge in [0, 0.05) is 5.92 Å². The zero-order chi connectivity index (χ0) is 19.7. The summed E-state index contributed by atoms with van der Waals surface area (Å²) >= 11 is 0. The van der Waals surface area contributed by atoms with Crippen LogP contribution in [0.1, 0.15) is 83.9 Å². The summed E-state index contributed by atoms with van der Waals surface area (Å²) in [5.74, 6) is 1.26. The summed E-state index contributed by atoms with van der Waals surface area (Å²) in [6.07, 6.45) is 4.20. The molecule has 0 atom stereocenters. The van der Waals surface area contributed by atoms with Crippen molar-refractivity contribution >= 4 is 12.1 Å². The number of carbonyl (C=O) groups excluding carboxylic acids is 2. The third-order valence-electron chi connectivity index (χ3n) is 4.99. The van der Waals surface area contributed by atoms with Gasteiger partial charge < -0.3 is 19.2 Å². The average molecular weight is 379 g/mol. The quantitative estimate of drug-likeness (QED) is 0.781. The first-order valence-corrected chi connectivity index (χ1v) is 9.67. The van der Waals surface area contributed by atoms with E-state index >= 15 is 0 Å². The molecule has 0 spiro atoms. The van der Waals surface area contributed by atoms with E-state index in [0.29, 0.717) is 30.6 Å². The van der Waals surface area contributed by atoms with Gasteiger partial charge in [-0.1, -0.05) is 6.92 Å². The molecule has 0 saturated heterocycles. The Morgan fingerprint density at radius 3 is 2.44 bits per heavy atom. The SMILES string of the molecule is CC1CCC(NC(=O)OC(C)(C)C)(C(=O)OCc2nnc(C3CC3)o2)CC1. The second-order valence-electron chi connectivity index (χ2n) is 8.78. The first-order valence-electron chi connectivity index (χ1n) is 9.67. The molecule has 1 aromatic heterocycles. The Hall–Kier alpha value is -2.12. The Balaban J connectivity index is 1.63. The molecule has 1 N–H and O–H groups in total. The van der Waals surface area contributed by atoms with E-state index in [2.05, 4.69) is 22.4 Å². The Morgan fingerprint density at radius 1 is 1.19 bits per heavy atom. The minimum absolute atomic E-state index is 0.0914. The number of nitrogens with one attached hydrogen (secondary N) is 1. The molecule has 0 aromatic carbocycles. The molecule has 2 saturated carbocycles. The highest BCUT2D eigenvalue weighted by Crippen LogP contribution is 2.39. The molecule has 2 fully saturated rings. The van der Waals surface area contributed by atoms with Crippen molar-refractivity contribution in [1.82, 2.24) is 15.5 Å². The molecular formula is C19H29N3O5. The van der Waals surface area contributed by atoms with Gasteiger partial charge >= 0.3 is 12.1 Å². The summed E-state index contributed by atoms with van der Waals surface area (Å²) < 4.78 is 16.3. The van der Waals surface area contributed by atoms with Crippen LogP contribution in [0.15, 0.2) is 4.42 Å². The fraction of sp³-hybridized carbons (Fsp3) is 0.789. The molecule has 1 amide bonds. The Morgan fingerprint density at radius 2 is 1.85 bits per heavy atom. The van der Waals surface area contributed by atoms with Gasteiger partial charge in [0.05, 0.1) is 0 Å². The van der Waals surface area contributed by atoms with E-state index in [1.54, 1.807) is 20.8 Å². The van der Waals surface area contributed by atoms with Crippen LogP contribution in [0.2, 0.25) is 0 Å². The van der Waals surface area contributed by atoms with E-state index in [1.807, 2.05) is 0 Å². The highest BCUT2D eigenvalue weighted by atomic mass is 16.6. The lowest BCUT2D eigenvalue weighted by molar-refractivity contribution is -0.155. The molecule has 8 nitrogen and oxygen atoms in total. The van der Waals surface area contributed by atoms with Gasteiger partial charge in [-0.15, -0.1) is 10.2 Å². The molecule has 8 heteroatoms. The van der Waals surface area contributed by atoms with Crippen LogP contribution >= 0.6 is 0 Å². The number of carbonyl (C=O) groups is 2. The van der Waals surface area contributed by atoms with Gasteiger partial charge in [0.1, 0.15) is 11.1 Å². The largest absolute Gasteiger partial charge is 0.454 e. The maximum absolute atomic E-state index is 12.9. The zero-order valence-electron chi connectivity index (χ0n) is 16.5. The first kappa shape index (κ1) is 19.6. The number of rotatable bonds is 5. The second-order valence-corrected chi connectivity index (χ2v) is 8.78. The lowest BCUT2D eigenvalue weighted by Crippen LogP contribution is -2.57. The van der Waals surface area contributed by atoms with Crippen molar-refractivity contribution < 1.29 is 23.5 Å². The molecule has 1 aromatic rings. The summed E-state index contributed by atoms with van der Waals surface area (Å²) in [4.78, 5) is 25.2. The van der Waals surface area contributed by atoms with Gasteiger partial charge in [-0.25, -0.2) is 9.59 Å². The van der Waals surface area contributed by atoms with Gasteiger partial charge in [-0.3, -0.25) is 0 Å². The molecule has 3 rings (SSSR count). The molecular weight excluding hydrogens is 350 g/mol. The van der Waals surface area contributed by atoms with Crippen LogP contribution in [0.5, 0.6) is 0 Å². The standard InChI is InChI=1S/C19H29N3O5/c1-12-7-9-19(10-8-12,20-17(24)27-18(2,3)4)16(23)25-11-14-21-22-15(26-14)13-5-6-13/h12-13H,5-11H2,1-4H3,(H,20,24). The van der Waals surface area contributed by atoms with Crippen molar-refractivity contribution in [3.63, 3.8) is 0 Å². The van der Waals surface area contributed by atoms with E-state index in [0.717, 1.165) is 25.7 Å². The summed E-state index contributed by atoms with van der Waals surface area (Å²) in [5.41, 5.74) is -1.71. The number of ether oxygens (including phenoxy) is 2. The number of alkyl carbamates (subject to hydrolysis) is 1. The highest BCUT2D eigenvalue weighted by molar-refractivity contribution is 5.86. The van der Waals surface area contributed by atoms with Gasteiger partial charge in [0.2, 0.25) is 5.89 Å². The minimum atomic E-state index is -1.08. The summed E-state index contributed by atoms with van der Waals surface area (Å²) in [6.45, 7) is 7.40. The third kappa shape index (κ3) is 5.20. The molecule has 2 aliphatic carbocycles. The molecule has 0 bridgehead atoms. The van der Waals surface area contributed by atoms with Crippen LogP contribution in [-0.2, 0) is 20.9 Å². The van der Waals surface area contributed by atoms with Gasteiger partial charge in [-0.05, 0) is 65.2 Å². The van der Waals surface area contributed by atoms with Crippen LogP contribution in [0.4, 0.5) is 4.79 Å². The number of hydrogen-bond acceptors (Lipinski definition) is 7. The monoisotopic (exact) mass is 379 g/mol. The fourth-order valence-electron chi connectivity index (χ4n) is 3.22. The van der Waals surface area contributed by atoms with E-state index < -0.39 is 23.2 Å². The maximum atomic E-state index is 12.9.